The number of methoxy groups -OCH3 is 2. The minimum Gasteiger partial charge on any atom is -0.497 e. The van der Waals surface area contributed by atoms with E-state index in [2.05, 4.69) is 16.2 Å². The van der Waals surface area contributed by atoms with Crippen LogP contribution in [0.4, 0.5) is 5.82 Å². The molecule has 1 unspecified atom stereocenters. The molecule has 0 bridgehead atoms. The smallest absolute Gasteiger partial charge is 0.226 e. The Balaban J connectivity index is 1.73. The van der Waals surface area contributed by atoms with Crippen molar-refractivity contribution in [2.75, 3.05) is 26.1 Å². The summed E-state index contributed by atoms with van der Waals surface area (Å²) in [6.45, 7) is 0.127. The summed E-state index contributed by atoms with van der Waals surface area (Å²) < 4.78 is 18.1. The van der Waals surface area contributed by atoms with Crippen LogP contribution >= 0.6 is 0 Å². The third-order valence-electron chi connectivity index (χ3n) is 5.02. The minimum absolute atomic E-state index is 0.0790. The van der Waals surface area contributed by atoms with Crippen molar-refractivity contribution >= 4 is 11.7 Å². The second kappa shape index (κ2) is 8.21. The molecular formula is C23H21N3O4. The van der Waals surface area contributed by atoms with Crippen LogP contribution in [0.1, 0.15) is 23.6 Å². The molecule has 1 atom stereocenters. The topological polar surface area (TPSA) is 74.6 Å². The molecule has 2 aromatic carbocycles. The molecule has 30 heavy (non-hydrogen) atoms. The third kappa shape index (κ3) is 3.55. The highest BCUT2D eigenvalue weighted by Crippen LogP contribution is 2.40. The van der Waals surface area contributed by atoms with Gasteiger partial charge in [0.25, 0.3) is 0 Å². The number of amides is 1. The van der Waals surface area contributed by atoms with Crippen LogP contribution < -0.4 is 19.5 Å². The highest BCUT2D eigenvalue weighted by atomic mass is 16.5. The Morgan fingerprint density at radius 3 is 2.67 bits per heavy atom. The van der Waals surface area contributed by atoms with Gasteiger partial charge in [-0.3, -0.25) is 9.36 Å². The van der Waals surface area contributed by atoms with E-state index in [4.69, 9.17) is 20.6 Å². The van der Waals surface area contributed by atoms with Crippen LogP contribution in [0, 0.1) is 12.3 Å². The standard InChI is InChI=1S/C23H21N3O4/c1-4-11-30-20-12-15(5-10-19(20)29-3)18-13-21(27)25-23-22(18)24-14-26(23)16-6-8-17(28-2)9-7-16/h1,5-10,12,14,18H,11,13H2,2-3H3,(H,25,27). The zero-order valence-electron chi connectivity index (χ0n) is 16.7. The van der Waals surface area contributed by atoms with E-state index < -0.39 is 0 Å². The Morgan fingerprint density at radius 1 is 1.17 bits per heavy atom. The van der Waals surface area contributed by atoms with Gasteiger partial charge >= 0.3 is 0 Å². The number of anilines is 1. The molecule has 152 valence electrons. The van der Waals surface area contributed by atoms with Crippen molar-refractivity contribution in [2.45, 2.75) is 12.3 Å². The predicted molar refractivity (Wildman–Crippen MR) is 113 cm³/mol. The molecule has 1 aliphatic rings. The minimum atomic E-state index is -0.215. The fraction of sp³-hybridized carbons (Fsp3) is 0.217. The molecular weight excluding hydrogens is 382 g/mol. The lowest BCUT2D eigenvalue weighted by molar-refractivity contribution is -0.116. The van der Waals surface area contributed by atoms with Crippen molar-refractivity contribution in [1.82, 2.24) is 9.55 Å². The van der Waals surface area contributed by atoms with Crippen molar-refractivity contribution in [3.05, 3.63) is 60.0 Å². The molecule has 1 aliphatic heterocycles. The SMILES string of the molecule is C#CCOc1cc(C2CC(=O)Nc3c2ncn3-c2ccc(OC)cc2)ccc1OC. The van der Waals surface area contributed by atoms with E-state index in [1.165, 1.54) is 0 Å². The van der Waals surface area contributed by atoms with Crippen molar-refractivity contribution in [1.29, 1.82) is 0 Å². The third-order valence-corrected chi connectivity index (χ3v) is 5.02. The number of imidazole rings is 1. The number of nitrogens with zero attached hydrogens (tertiary/aromatic N) is 2. The molecule has 0 radical (unpaired) electrons. The van der Waals surface area contributed by atoms with Gasteiger partial charge < -0.3 is 19.5 Å². The first-order valence-corrected chi connectivity index (χ1v) is 9.40. The highest BCUT2D eigenvalue weighted by Gasteiger charge is 2.31. The van der Waals surface area contributed by atoms with Crippen LogP contribution in [0.15, 0.2) is 48.8 Å². The Hall–Kier alpha value is -3.92. The van der Waals surface area contributed by atoms with Crippen LogP contribution in [0.5, 0.6) is 17.2 Å². The fourth-order valence-corrected chi connectivity index (χ4v) is 3.56. The molecule has 2 heterocycles. The molecule has 1 amide bonds. The lowest BCUT2D eigenvalue weighted by Gasteiger charge is -2.24. The summed E-state index contributed by atoms with van der Waals surface area (Å²) in [5.74, 6) is 4.69. The molecule has 0 spiro atoms. The van der Waals surface area contributed by atoms with E-state index in [0.29, 0.717) is 17.3 Å². The number of ether oxygens (including phenoxy) is 3. The molecule has 7 heteroatoms. The van der Waals surface area contributed by atoms with Gasteiger partial charge in [0.1, 0.15) is 24.5 Å². The molecule has 0 fully saturated rings. The monoisotopic (exact) mass is 403 g/mol. The number of benzene rings is 2. The van der Waals surface area contributed by atoms with E-state index >= 15 is 0 Å². The Bertz CT molecular complexity index is 1110. The zero-order valence-corrected chi connectivity index (χ0v) is 16.7. The summed E-state index contributed by atoms with van der Waals surface area (Å²) in [6.07, 6.45) is 7.31. The van der Waals surface area contributed by atoms with E-state index in [1.54, 1.807) is 20.5 Å². The number of terminal acetylenes is 1. The molecule has 0 saturated heterocycles. The van der Waals surface area contributed by atoms with E-state index in [9.17, 15) is 4.79 Å². The number of hydrogen-bond acceptors (Lipinski definition) is 5. The van der Waals surface area contributed by atoms with E-state index in [1.807, 2.05) is 47.0 Å². The Morgan fingerprint density at radius 2 is 1.97 bits per heavy atom. The second-order valence-electron chi connectivity index (χ2n) is 6.75. The maximum absolute atomic E-state index is 12.5. The Kier molecular flexibility index (Phi) is 5.31. The van der Waals surface area contributed by atoms with Gasteiger partial charge in [0, 0.05) is 18.0 Å². The molecule has 4 rings (SSSR count). The van der Waals surface area contributed by atoms with Gasteiger partial charge in [-0.05, 0) is 42.0 Å². The Labute approximate surface area is 174 Å². The average Bonchev–Trinajstić information content (AvgIpc) is 3.20. The normalized spacial score (nSPS) is 15.0. The zero-order chi connectivity index (χ0) is 21.1. The summed E-state index contributed by atoms with van der Waals surface area (Å²) in [6, 6.07) is 13.1. The molecule has 3 aromatic rings. The average molecular weight is 403 g/mol. The number of carbonyl (C=O) groups is 1. The quantitative estimate of drug-likeness (QED) is 0.639. The van der Waals surface area contributed by atoms with Crippen molar-refractivity contribution < 1.29 is 19.0 Å². The van der Waals surface area contributed by atoms with Gasteiger partial charge in [0.2, 0.25) is 5.91 Å². The van der Waals surface area contributed by atoms with Crippen molar-refractivity contribution in [3.8, 4) is 35.3 Å². The predicted octanol–water partition coefficient (Wildman–Crippen LogP) is 3.38. The number of carbonyl (C=O) groups excluding carboxylic acids is 1. The van der Waals surface area contributed by atoms with Crippen molar-refractivity contribution in [2.24, 2.45) is 0 Å². The number of fused-ring (bicyclic) bond motifs is 1. The van der Waals surface area contributed by atoms with Crippen LogP contribution in [-0.2, 0) is 4.79 Å². The van der Waals surface area contributed by atoms with Gasteiger partial charge in [0.15, 0.2) is 11.5 Å². The first kappa shape index (κ1) is 19.4. The summed E-state index contributed by atoms with van der Waals surface area (Å²) in [5.41, 5.74) is 2.57. The maximum atomic E-state index is 12.5. The van der Waals surface area contributed by atoms with Gasteiger partial charge in [-0.15, -0.1) is 6.42 Å². The van der Waals surface area contributed by atoms with Gasteiger partial charge in [-0.1, -0.05) is 12.0 Å². The highest BCUT2D eigenvalue weighted by molar-refractivity contribution is 5.94. The van der Waals surface area contributed by atoms with Crippen LogP contribution in [0.25, 0.3) is 5.69 Å². The summed E-state index contributed by atoms with van der Waals surface area (Å²) in [4.78, 5) is 17.1. The first-order chi connectivity index (χ1) is 14.6. The number of rotatable bonds is 6. The number of aromatic nitrogens is 2. The number of nitrogens with one attached hydrogen (secondary N) is 1. The van der Waals surface area contributed by atoms with Gasteiger partial charge in [-0.25, -0.2) is 4.98 Å². The summed E-state index contributed by atoms with van der Waals surface area (Å²) >= 11 is 0. The molecule has 1 N–H and O–H groups in total. The van der Waals surface area contributed by atoms with Crippen LogP contribution in [-0.4, -0.2) is 36.3 Å². The van der Waals surface area contributed by atoms with Crippen molar-refractivity contribution in [3.63, 3.8) is 0 Å². The van der Waals surface area contributed by atoms with Gasteiger partial charge in [0.05, 0.1) is 19.9 Å². The first-order valence-electron chi connectivity index (χ1n) is 9.40. The van der Waals surface area contributed by atoms with Gasteiger partial charge in [-0.2, -0.15) is 0 Å². The number of hydrogen-bond donors (Lipinski definition) is 1. The molecule has 0 aliphatic carbocycles. The largest absolute Gasteiger partial charge is 0.497 e. The van der Waals surface area contributed by atoms with E-state index in [0.717, 1.165) is 22.7 Å². The van der Waals surface area contributed by atoms with Crippen LogP contribution in [0.3, 0.4) is 0 Å². The molecule has 1 aromatic heterocycles. The summed E-state index contributed by atoms with van der Waals surface area (Å²) in [7, 11) is 3.19. The molecule has 7 nitrogen and oxygen atoms in total. The fourth-order valence-electron chi connectivity index (χ4n) is 3.56. The summed E-state index contributed by atoms with van der Waals surface area (Å²) in [5, 5.41) is 2.95. The second-order valence-corrected chi connectivity index (χ2v) is 6.75. The van der Waals surface area contributed by atoms with E-state index in [-0.39, 0.29) is 24.9 Å². The molecule has 0 saturated carbocycles. The maximum Gasteiger partial charge on any atom is 0.226 e. The van der Waals surface area contributed by atoms with Crippen LogP contribution in [0.2, 0.25) is 0 Å². The lowest BCUT2D eigenvalue weighted by Crippen LogP contribution is -2.25. The lowest BCUT2D eigenvalue weighted by atomic mass is 9.89.